The van der Waals surface area contributed by atoms with E-state index in [1.54, 1.807) is 12.1 Å². The first-order valence-corrected chi connectivity index (χ1v) is 9.19. The Morgan fingerprint density at radius 1 is 0.917 bits per heavy atom. The van der Waals surface area contributed by atoms with Crippen molar-refractivity contribution in [2.75, 3.05) is 19.6 Å². The van der Waals surface area contributed by atoms with E-state index in [0.29, 0.717) is 5.02 Å². The molecule has 24 heavy (non-hydrogen) atoms. The molecular weight excluding hydrogens is 318 g/mol. The maximum absolute atomic E-state index is 13.1. The van der Waals surface area contributed by atoms with Gasteiger partial charge in [0.1, 0.15) is 0 Å². The number of nitrogens with zero attached hydrogens (tertiary/aromatic N) is 1. The molecule has 0 aliphatic carbocycles. The zero-order valence-electron chi connectivity index (χ0n) is 14.0. The Kier molecular flexibility index (Phi) is 6.06. The van der Waals surface area contributed by atoms with Crippen molar-refractivity contribution < 1.29 is 4.79 Å². The van der Waals surface area contributed by atoms with Crippen LogP contribution < -0.4 is 0 Å². The van der Waals surface area contributed by atoms with Crippen LogP contribution in [0, 0.1) is 0 Å². The summed E-state index contributed by atoms with van der Waals surface area (Å²) >= 11 is 5.97. The van der Waals surface area contributed by atoms with Crippen LogP contribution in [0.15, 0.2) is 54.6 Å². The number of hydrogen-bond donors (Lipinski definition) is 0. The van der Waals surface area contributed by atoms with Gasteiger partial charge in [0, 0.05) is 17.1 Å². The molecule has 0 amide bonds. The van der Waals surface area contributed by atoms with Gasteiger partial charge in [-0.25, -0.2) is 0 Å². The summed E-state index contributed by atoms with van der Waals surface area (Å²) in [6.45, 7) is 2.99. The first-order valence-electron chi connectivity index (χ1n) is 8.81. The Balaban J connectivity index is 1.84. The zero-order chi connectivity index (χ0) is 16.8. The summed E-state index contributed by atoms with van der Waals surface area (Å²) in [6, 6.07) is 17.4. The molecule has 0 aromatic heterocycles. The molecule has 1 heterocycles. The smallest absolute Gasteiger partial charge is 0.171 e. The minimum atomic E-state index is -0.120. The van der Waals surface area contributed by atoms with E-state index in [2.05, 4.69) is 17.0 Å². The van der Waals surface area contributed by atoms with Gasteiger partial charge in [-0.1, -0.05) is 54.8 Å². The SMILES string of the molecule is O=C(c1ccc(Cl)cc1)[C@H](CN1CCCCCC1)c1ccccc1. The highest BCUT2D eigenvalue weighted by Crippen LogP contribution is 2.24. The number of carbonyl (C=O) groups excluding carboxylic acids is 1. The standard InChI is InChI=1S/C21H24ClNO/c22-19-12-10-18(11-13-19)21(24)20(17-8-4-3-5-9-17)16-23-14-6-1-2-7-15-23/h3-5,8-13,20H,1-2,6-7,14-16H2/t20-/m1/s1. The summed E-state index contributed by atoms with van der Waals surface area (Å²) in [5, 5.41) is 0.662. The van der Waals surface area contributed by atoms with Crippen LogP contribution in [0.1, 0.15) is 47.5 Å². The number of Topliss-reactive ketones (excluding diaryl/α,β-unsaturated/α-hetero) is 1. The normalized spacial score (nSPS) is 17.2. The first-order chi connectivity index (χ1) is 11.7. The predicted octanol–water partition coefficient (Wildman–Crippen LogP) is 5.18. The van der Waals surface area contributed by atoms with E-state index in [-0.39, 0.29) is 11.7 Å². The molecule has 3 rings (SSSR count). The van der Waals surface area contributed by atoms with E-state index < -0.39 is 0 Å². The van der Waals surface area contributed by atoms with Crippen LogP contribution in [0.5, 0.6) is 0 Å². The van der Waals surface area contributed by atoms with E-state index in [4.69, 9.17) is 11.6 Å². The zero-order valence-corrected chi connectivity index (χ0v) is 14.7. The topological polar surface area (TPSA) is 20.3 Å². The van der Waals surface area contributed by atoms with E-state index in [0.717, 1.165) is 30.8 Å². The van der Waals surface area contributed by atoms with Crippen molar-refractivity contribution in [2.45, 2.75) is 31.6 Å². The van der Waals surface area contributed by atoms with Gasteiger partial charge in [0.15, 0.2) is 5.78 Å². The molecule has 2 nitrogen and oxygen atoms in total. The lowest BCUT2D eigenvalue weighted by molar-refractivity contribution is 0.0934. The lowest BCUT2D eigenvalue weighted by atomic mass is 9.90. The van der Waals surface area contributed by atoms with Crippen LogP contribution in [0.2, 0.25) is 5.02 Å². The van der Waals surface area contributed by atoms with Crippen molar-refractivity contribution in [1.29, 1.82) is 0 Å². The van der Waals surface area contributed by atoms with Crippen molar-refractivity contribution in [3.63, 3.8) is 0 Å². The average Bonchev–Trinajstić information content (AvgIpc) is 2.89. The molecule has 126 valence electrons. The maximum atomic E-state index is 13.1. The van der Waals surface area contributed by atoms with Crippen molar-refractivity contribution in [1.82, 2.24) is 4.90 Å². The van der Waals surface area contributed by atoms with Gasteiger partial charge in [0.2, 0.25) is 0 Å². The van der Waals surface area contributed by atoms with Crippen LogP contribution in [0.3, 0.4) is 0 Å². The Hall–Kier alpha value is -1.64. The van der Waals surface area contributed by atoms with Gasteiger partial charge in [-0.3, -0.25) is 4.79 Å². The first kappa shape index (κ1) is 17.2. The molecular formula is C21H24ClNO. The molecule has 0 bridgehead atoms. The largest absolute Gasteiger partial charge is 0.302 e. The van der Waals surface area contributed by atoms with Gasteiger partial charge in [-0.2, -0.15) is 0 Å². The fourth-order valence-electron chi connectivity index (χ4n) is 3.42. The summed E-state index contributed by atoms with van der Waals surface area (Å²) in [6.07, 6.45) is 5.07. The number of carbonyl (C=O) groups is 1. The highest BCUT2D eigenvalue weighted by atomic mass is 35.5. The van der Waals surface area contributed by atoms with Crippen molar-refractivity contribution in [2.24, 2.45) is 0 Å². The minimum absolute atomic E-state index is 0.120. The Labute approximate surface area is 149 Å². The molecule has 2 aromatic rings. The number of ketones is 1. The number of likely N-dealkylation sites (tertiary alicyclic amines) is 1. The number of rotatable bonds is 5. The van der Waals surface area contributed by atoms with Crippen LogP contribution in [0.4, 0.5) is 0 Å². The quantitative estimate of drug-likeness (QED) is 0.698. The van der Waals surface area contributed by atoms with E-state index in [9.17, 15) is 4.79 Å². The molecule has 0 N–H and O–H groups in total. The molecule has 1 fully saturated rings. The van der Waals surface area contributed by atoms with Crippen molar-refractivity contribution in [3.05, 3.63) is 70.7 Å². The van der Waals surface area contributed by atoms with Crippen molar-refractivity contribution >= 4 is 17.4 Å². The molecule has 1 aliphatic rings. The Bertz CT molecular complexity index is 645. The van der Waals surface area contributed by atoms with Crippen LogP contribution in [-0.2, 0) is 0 Å². The number of halogens is 1. The second kappa shape index (κ2) is 8.46. The second-order valence-corrected chi connectivity index (χ2v) is 6.99. The van der Waals surface area contributed by atoms with Crippen LogP contribution in [-0.4, -0.2) is 30.3 Å². The third kappa shape index (κ3) is 4.46. The van der Waals surface area contributed by atoms with Crippen LogP contribution in [0.25, 0.3) is 0 Å². The molecule has 1 aliphatic heterocycles. The third-order valence-electron chi connectivity index (χ3n) is 4.79. The van der Waals surface area contributed by atoms with E-state index in [1.165, 1.54) is 25.7 Å². The lowest BCUT2D eigenvalue weighted by Gasteiger charge is -2.26. The van der Waals surface area contributed by atoms with Gasteiger partial charge < -0.3 is 4.90 Å². The predicted molar refractivity (Wildman–Crippen MR) is 99.9 cm³/mol. The second-order valence-electron chi connectivity index (χ2n) is 6.55. The van der Waals surface area contributed by atoms with Gasteiger partial charge in [0.05, 0.1) is 5.92 Å². The van der Waals surface area contributed by atoms with Gasteiger partial charge in [-0.15, -0.1) is 0 Å². The molecule has 0 spiro atoms. The van der Waals surface area contributed by atoms with Crippen molar-refractivity contribution in [3.8, 4) is 0 Å². The average molecular weight is 342 g/mol. The van der Waals surface area contributed by atoms with Gasteiger partial charge >= 0.3 is 0 Å². The molecule has 0 saturated carbocycles. The molecule has 2 aromatic carbocycles. The number of benzene rings is 2. The molecule has 0 radical (unpaired) electrons. The number of hydrogen-bond acceptors (Lipinski definition) is 2. The van der Waals surface area contributed by atoms with Gasteiger partial charge in [0.25, 0.3) is 0 Å². The highest BCUT2D eigenvalue weighted by Gasteiger charge is 2.25. The molecule has 1 atom stereocenters. The monoisotopic (exact) mass is 341 g/mol. The third-order valence-corrected chi connectivity index (χ3v) is 5.04. The summed E-state index contributed by atoms with van der Waals surface area (Å²) in [4.78, 5) is 15.6. The van der Waals surface area contributed by atoms with E-state index in [1.807, 2.05) is 30.3 Å². The highest BCUT2D eigenvalue weighted by molar-refractivity contribution is 6.30. The maximum Gasteiger partial charge on any atom is 0.171 e. The Morgan fingerprint density at radius 2 is 1.54 bits per heavy atom. The van der Waals surface area contributed by atoms with Crippen LogP contribution >= 0.6 is 11.6 Å². The van der Waals surface area contributed by atoms with Gasteiger partial charge in [-0.05, 0) is 55.8 Å². The summed E-state index contributed by atoms with van der Waals surface area (Å²) in [5.41, 5.74) is 1.84. The summed E-state index contributed by atoms with van der Waals surface area (Å²) in [7, 11) is 0. The van der Waals surface area contributed by atoms with E-state index >= 15 is 0 Å². The summed E-state index contributed by atoms with van der Waals surface area (Å²) in [5.74, 6) is 0.0626. The minimum Gasteiger partial charge on any atom is -0.302 e. The summed E-state index contributed by atoms with van der Waals surface area (Å²) < 4.78 is 0. The molecule has 3 heteroatoms. The fourth-order valence-corrected chi connectivity index (χ4v) is 3.54. The molecule has 1 saturated heterocycles. The Morgan fingerprint density at radius 3 is 2.17 bits per heavy atom. The lowest BCUT2D eigenvalue weighted by Crippen LogP contribution is -2.33. The fraction of sp³-hybridized carbons (Fsp3) is 0.381. The molecule has 0 unspecified atom stereocenters.